The van der Waals surface area contributed by atoms with Crippen LogP contribution in [0.1, 0.15) is 26.3 Å². The van der Waals surface area contributed by atoms with Crippen molar-refractivity contribution in [3.8, 4) is 5.75 Å². The first-order chi connectivity index (χ1) is 13.1. The smallest absolute Gasteiger partial charge is 0.255 e. The third kappa shape index (κ3) is 4.50. The number of rotatable bonds is 3. The van der Waals surface area contributed by atoms with Gasteiger partial charge in [0.05, 0.1) is 0 Å². The van der Waals surface area contributed by atoms with Gasteiger partial charge < -0.3 is 21.5 Å². The third-order valence-electron chi connectivity index (χ3n) is 4.00. The number of phenolic OH excluding ortho intramolecular Hbond substituents is 1. The summed E-state index contributed by atoms with van der Waals surface area (Å²) < 4.78 is 0. The lowest BCUT2D eigenvalue weighted by Crippen LogP contribution is -2.14. The molecule has 0 saturated carbocycles. The highest BCUT2D eigenvalue weighted by molar-refractivity contribution is 6.09. The minimum Gasteiger partial charge on any atom is -0.508 e. The molecule has 0 spiro atoms. The molecule has 6 nitrogen and oxygen atoms in total. The van der Waals surface area contributed by atoms with E-state index in [4.69, 9.17) is 10.8 Å². The number of fused-ring (bicyclic) bond motifs is 2. The van der Waals surface area contributed by atoms with Crippen LogP contribution in [0, 0.1) is 0 Å². The number of hydrogen-bond acceptors (Lipinski definition) is 4. The van der Waals surface area contributed by atoms with Crippen molar-refractivity contribution in [3.63, 3.8) is 0 Å². The molecule has 0 saturated heterocycles. The Labute approximate surface area is 156 Å². The summed E-state index contributed by atoms with van der Waals surface area (Å²) in [6.07, 6.45) is 0. The molecule has 4 rings (SSSR count). The summed E-state index contributed by atoms with van der Waals surface area (Å²) >= 11 is 0. The summed E-state index contributed by atoms with van der Waals surface area (Å²) in [4.78, 5) is 22.7. The predicted octanol–water partition coefficient (Wildman–Crippen LogP) is 3.36. The number of hydrogen-bond donors (Lipinski definition) is 4. The molecule has 0 aliphatic carbocycles. The molecule has 0 aromatic heterocycles. The van der Waals surface area contributed by atoms with Crippen molar-refractivity contribution in [2.24, 2.45) is 5.73 Å². The molecular formula is C21H19N3O3. The van der Waals surface area contributed by atoms with Gasteiger partial charge in [-0.3, -0.25) is 9.59 Å². The number of phenols is 1. The number of anilines is 2. The Hall–Kier alpha value is -3.64. The van der Waals surface area contributed by atoms with E-state index in [0.29, 0.717) is 17.8 Å². The Morgan fingerprint density at radius 1 is 1.00 bits per heavy atom. The zero-order valence-corrected chi connectivity index (χ0v) is 14.5. The van der Waals surface area contributed by atoms with Gasteiger partial charge in [-0.05, 0) is 54.1 Å². The van der Waals surface area contributed by atoms with Crippen molar-refractivity contribution in [3.05, 3.63) is 89.5 Å². The van der Waals surface area contributed by atoms with E-state index in [2.05, 4.69) is 10.6 Å². The van der Waals surface area contributed by atoms with Crippen LogP contribution in [0.25, 0.3) is 0 Å². The zero-order valence-electron chi connectivity index (χ0n) is 14.5. The van der Waals surface area contributed by atoms with Crippen LogP contribution in [-0.2, 0) is 6.54 Å². The lowest BCUT2D eigenvalue weighted by atomic mass is 10.1. The van der Waals surface area contributed by atoms with Crippen molar-refractivity contribution in [1.82, 2.24) is 0 Å². The van der Waals surface area contributed by atoms with Gasteiger partial charge in [-0.1, -0.05) is 24.3 Å². The van der Waals surface area contributed by atoms with Crippen LogP contribution in [0.3, 0.4) is 0 Å². The first-order valence-corrected chi connectivity index (χ1v) is 8.36. The van der Waals surface area contributed by atoms with Gasteiger partial charge in [-0.2, -0.15) is 0 Å². The van der Waals surface area contributed by atoms with Gasteiger partial charge in [0.25, 0.3) is 11.8 Å². The van der Waals surface area contributed by atoms with Crippen LogP contribution in [0.4, 0.5) is 11.4 Å². The van der Waals surface area contributed by atoms with Gasteiger partial charge in [0.1, 0.15) is 5.75 Å². The average molecular weight is 361 g/mol. The minimum absolute atomic E-state index is 0.00926. The van der Waals surface area contributed by atoms with Crippen molar-refractivity contribution in [2.75, 3.05) is 10.6 Å². The Kier molecular flexibility index (Phi) is 5.49. The Morgan fingerprint density at radius 2 is 1.74 bits per heavy atom. The van der Waals surface area contributed by atoms with E-state index in [1.54, 1.807) is 24.3 Å². The van der Waals surface area contributed by atoms with E-state index in [-0.39, 0.29) is 17.6 Å². The second kappa shape index (κ2) is 8.16. The summed E-state index contributed by atoms with van der Waals surface area (Å²) in [7, 11) is 0. The molecule has 27 heavy (non-hydrogen) atoms. The maximum absolute atomic E-state index is 12.0. The van der Waals surface area contributed by atoms with Gasteiger partial charge >= 0.3 is 0 Å². The van der Waals surface area contributed by atoms with E-state index in [1.807, 2.05) is 36.4 Å². The second-order valence-electron chi connectivity index (χ2n) is 5.90. The fraction of sp³-hybridized carbons (Fsp3) is 0.0476. The molecule has 3 aromatic carbocycles. The summed E-state index contributed by atoms with van der Waals surface area (Å²) in [6.45, 7) is 0.367. The molecule has 2 bridgehead atoms. The van der Waals surface area contributed by atoms with Crippen LogP contribution in [0.15, 0.2) is 72.8 Å². The monoisotopic (exact) mass is 361 g/mol. The summed E-state index contributed by atoms with van der Waals surface area (Å²) in [5.74, 6) is -0.0835. The number of carbonyl (C=O) groups excluding carboxylic acids is 2. The highest BCUT2D eigenvalue weighted by Gasteiger charge is 2.12. The zero-order chi connectivity index (χ0) is 19.2. The maximum Gasteiger partial charge on any atom is 0.255 e. The van der Waals surface area contributed by atoms with Gasteiger partial charge in [0.2, 0.25) is 0 Å². The molecule has 5 N–H and O–H groups in total. The predicted molar refractivity (Wildman–Crippen MR) is 105 cm³/mol. The summed E-state index contributed by atoms with van der Waals surface area (Å²) in [5.41, 5.74) is 9.33. The van der Waals surface area contributed by atoms with Crippen LogP contribution in [0.2, 0.25) is 0 Å². The van der Waals surface area contributed by atoms with Gasteiger partial charge in [-0.15, -0.1) is 0 Å². The van der Waals surface area contributed by atoms with E-state index >= 15 is 0 Å². The highest BCUT2D eigenvalue weighted by atomic mass is 16.3. The molecule has 0 unspecified atom stereocenters. The van der Waals surface area contributed by atoms with E-state index in [1.165, 1.54) is 12.1 Å². The van der Waals surface area contributed by atoms with Crippen LogP contribution in [-0.4, -0.2) is 16.9 Å². The molecule has 136 valence electrons. The standard InChI is InChI=1S/C14H14N2O2.C7H5NO/c15-9-11-3-1-2-4-13(11)16-14(18)10-5-7-12(17)8-6-10;9-7-5-2-1-3-6(4-5)8-7/h1-8,17H,9,15H2,(H,16,18);1-4H,(H,8,9). The molecular weight excluding hydrogens is 342 g/mol. The van der Waals surface area contributed by atoms with Gasteiger partial charge in [0, 0.05) is 29.0 Å². The number of benzene rings is 3. The van der Waals surface area contributed by atoms with Gasteiger partial charge in [-0.25, -0.2) is 0 Å². The highest BCUT2D eigenvalue weighted by Crippen LogP contribution is 2.18. The number of carbonyl (C=O) groups is 2. The quantitative estimate of drug-likeness (QED) is 0.574. The number of nitrogens with one attached hydrogen (secondary N) is 2. The van der Waals surface area contributed by atoms with Crippen molar-refractivity contribution in [1.29, 1.82) is 0 Å². The fourth-order valence-electron chi connectivity index (χ4n) is 2.57. The molecule has 0 radical (unpaired) electrons. The average Bonchev–Trinajstić information content (AvgIpc) is 2.94. The molecule has 1 aliphatic rings. The maximum atomic E-state index is 12.0. The number of aromatic hydroxyl groups is 1. The number of amides is 2. The molecule has 2 amide bonds. The number of para-hydroxylation sites is 1. The largest absolute Gasteiger partial charge is 0.508 e. The van der Waals surface area contributed by atoms with Gasteiger partial charge in [0.15, 0.2) is 0 Å². The third-order valence-corrected chi connectivity index (χ3v) is 4.00. The topological polar surface area (TPSA) is 104 Å². The summed E-state index contributed by atoms with van der Waals surface area (Å²) in [6, 6.07) is 20.8. The van der Waals surface area contributed by atoms with Crippen molar-refractivity contribution >= 4 is 23.2 Å². The van der Waals surface area contributed by atoms with E-state index < -0.39 is 0 Å². The van der Waals surface area contributed by atoms with Crippen molar-refractivity contribution < 1.29 is 14.7 Å². The Morgan fingerprint density at radius 3 is 2.41 bits per heavy atom. The summed E-state index contributed by atoms with van der Waals surface area (Å²) in [5, 5.41) is 14.6. The molecule has 3 aromatic rings. The molecule has 0 atom stereocenters. The second-order valence-corrected chi connectivity index (χ2v) is 5.90. The van der Waals surface area contributed by atoms with E-state index in [9.17, 15) is 9.59 Å². The molecule has 1 aliphatic heterocycles. The lowest BCUT2D eigenvalue weighted by molar-refractivity contribution is 0.102. The number of nitrogens with two attached hydrogens (primary N) is 1. The Bertz CT molecular complexity index is 968. The normalized spacial score (nSPS) is 11.2. The lowest BCUT2D eigenvalue weighted by Gasteiger charge is -2.09. The first kappa shape index (κ1) is 18.2. The minimum atomic E-state index is -0.226. The van der Waals surface area contributed by atoms with Crippen LogP contribution in [0.5, 0.6) is 5.75 Å². The molecule has 6 heteroatoms. The fourth-order valence-corrected chi connectivity index (χ4v) is 2.57. The SMILES string of the molecule is NCc1ccccc1NC(=O)c1ccc(O)cc1.O=C1Nc2cccc1c2. The molecule has 0 fully saturated rings. The first-order valence-electron chi connectivity index (χ1n) is 8.36. The Balaban J connectivity index is 0.000000193. The molecule has 1 heterocycles. The van der Waals surface area contributed by atoms with E-state index in [0.717, 1.165) is 16.8 Å². The van der Waals surface area contributed by atoms with Crippen LogP contribution >= 0.6 is 0 Å². The van der Waals surface area contributed by atoms with Crippen molar-refractivity contribution in [2.45, 2.75) is 6.54 Å². The van der Waals surface area contributed by atoms with Crippen LogP contribution < -0.4 is 16.4 Å².